The van der Waals surface area contributed by atoms with Gasteiger partial charge < -0.3 is 21.3 Å². The highest BCUT2D eigenvalue weighted by molar-refractivity contribution is 5.85. The van der Waals surface area contributed by atoms with Crippen molar-refractivity contribution in [2.24, 2.45) is 11.5 Å². The number of ether oxygens (including phenoxy) is 1. The van der Waals surface area contributed by atoms with Gasteiger partial charge in [0.05, 0.1) is 0 Å². The zero-order valence-electron chi connectivity index (χ0n) is 10.4. The lowest BCUT2D eigenvalue weighted by molar-refractivity contribution is 0.130. The lowest BCUT2D eigenvalue weighted by atomic mass is 10.1. The number of nitrogens with two attached hydrogens (primary N) is 2. The third-order valence-corrected chi connectivity index (χ3v) is 2.08. The lowest BCUT2D eigenvalue weighted by Gasteiger charge is -2.22. The van der Waals surface area contributed by atoms with Crippen LogP contribution in [0.5, 0.6) is 11.5 Å². The van der Waals surface area contributed by atoms with Gasteiger partial charge in [-0.15, -0.1) is 12.4 Å². The number of rotatable bonds is 3. The maximum Gasteiger partial charge on any atom is 0.120 e. The van der Waals surface area contributed by atoms with E-state index in [9.17, 15) is 5.11 Å². The van der Waals surface area contributed by atoms with Crippen molar-refractivity contribution in [2.45, 2.75) is 32.4 Å². The maximum atomic E-state index is 9.64. The summed E-state index contributed by atoms with van der Waals surface area (Å²) in [5.41, 5.74) is 11.6. The Hall–Kier alpha value is -0.970. The van der Waals surface area contributed by atoms with E-state index in [1.54, 1.807) is 18.2 Å². The smallest absolute Gasteiger partial charge is 0.120 e. The van der Waals surface area contributed by atoms with Crippen LogP contribution in [0.4, 0.5) is 0 Å². The number of hydrogen-bond donors (Lipinski definition) is 3. The van der Waals surface area contributed by atoms with Gasteiger partial charge in [0.25, 0.3) is 0 Å². The summed E-state index contributed by atoms with van der Waals surface area (Å²) in [5, 5.41) is 9.64. The fourth-order valence-corrected chi connectivity index (χ4v) is 1.37. The Balaban J connectivity index is 0.00000256. The van der Waals surface area contributed by atoms with Gasteiger partial charge in [-0.25, -0.2) is 0 Å². The van der Waals surface area contributed by atoms with Crippen molar-refractivity contribution in [3.05, 3.63) is 23.8 Å². The zero-order valence-corrected chi connectivity index (χ0v) is 11.3. The Kier molecular flexibility index (Phi) is 5.75. The summed E-state index contributed by atoms with van der Waals surface area (Å²) in [4.78, 5) is 0. The normalized spacial score (nSPS) is 12.8. The minimum atomic E-state index is -0.372. The zero-order chi connectivity index (χ0) is 12.3. The van der Waals surface area contributed by atoms with Crippen LogP contribution >= 0.6 is 12.4 Å². The van der Waals surface area contributed by atoms with E-state index in [1.807, 2.05) is 20.8 Å². The molecule has 0 bridgehead atoms. The second-order valence-electron chi connectivity index (χ2n) is 4.78. The fourth-order valence-electron chi connectivity index (χ4n) is 1.37. The molecule has 0 unspecified atom stereocenters. The molecule has 1 aromatic carbocycles. The number of phenols is 1. The molecule has 0 aromatic heterocycles. The van der Waals surface area contributed by atoms with E-state index in [2.05, 4.69) is 0 Å². The Morgan fingerprint density at radius 1 is 1.35 bits per heavy atom. The van der Waals surface area contributed by atoms with Crippen molar-refractivity contribution < 1.29 is 9.84 Å². The molecule has 1 rings (SSSR count). The van der Waals surface area contributed by atoms with E-state index >= 15 is 0 Å². The number of halogens is 1. The summed E-state index contributed by atoms with van der Waals surface area (Å²) >= 11 is 0. The minimum absolute atomic E-state index is 0. The Morgan fingerprint density at radius 2 is 1.94 bits per heavy atom. The van der Waals surface area contributed by atoms with Crippen LogP contribution in [-0.4, -0.2) is 17.3 Å². The monoisotopic (exact) mass is 260 g/mol. The van der Waals surface area contributed by atoms with Crippen LogP contribution in [0, 0.1) is 0 Å². The number of aromatic hydroxyl groups is 1. The van der Waals surface area contributed by atoms with Crippen molar-refractivity contribution in [3.63, 3.8) is 0 Å². The largest absolute Gasteiger partial charge is 0.508 e. The van der Waals surface area contributed by atoms with Gasteiger partial charge in [-0.1, -0.05) is 0 Å². The second kappa shape index (κ2) is 6.10. The highest BCUT2D eigenvalue weighted by atomic mass is 35.5. The third-order valence-electron chi connectivity index (χ3n) is 2.08. The Labute approximate surface area is 108 Å². The van der Waals surface area contributed by atoms with Crippen molar-refractivity contribution in [1.82, 2.24) is 0 Å². The minimum Gasteiger partial charge on any atom is -0.508 e. The maximum absolute atomic E-state index is 9.64. The first kappa shape index (κ1) is 16.0. The van der Waals surface area contributed by atoms with E-state index in [0.29, 0.717) is 11.3 Å². The number of phenolic OH excluding ortho intramolecular Hbond substituents is 1. The molecule has 5 N–H and O–H groups in total. The van der Waals surface area contributed by atoms with Crippen molar-refractivity contribution in [2.75, 3.05) is 6.54 Å². The molecular weight excluding hydrogens is 240 g/mol. The average Bonchev–Trinajstić information content (AvgIpc) is 2.18. The van der Waals surface area contributed by atoms with Crippen LogP contribution in [-0.2, 0) is 0 Å². The molecule has 0 aliphatic rings. The first-order valence-corrected chi connectivity index (χ1v) is 5.31. The van der Waals surface area contributed by atoms with Crippen molar-refractivity contribution >= 4 is 12.4 Å². The number of hydrogen-bond acceptors (Lipinski definition) is 4. The predicted molar refractivity (Wildman–Crippen MR) is 71.7 cm³/mol. The molecule has 0 saturated heterocycles. The Morgan fingerprint density at radius 3 is 2.41 bits per heavy atom. The van der Waals surface area contributed by atoms with Gasteiger partial charge in [-0.2, -0.15) is 0 Å². The van der Waals surface area contributed by atoms with E-state index in [0.717, 1.165) is 0 Å². The third kappa shape index (κ3) is 4.81. The number of benzene rings is 1. The Bertz CT molecular complexity index is 364. The van der Waals surface area contributed by atoms with E-state index < -0.39 is 0 Å². The molecule has 98 valence electrons. The topological polar surface area (TPSA) is 81.5 Å². The van der Waals surface area contributed by atoms with Gasteiger partial charge in [0, 0.05) is 18.2 Å². The standard InChI is InChI=1S/C12H20N2O2.ClH/c1-12(2,3)16-8-4-5-11(15)9(6-8)10(14)7-13;/h4-6,10,15H,7,13-14H2,1-3H3;1H/t10-;/m1./s1. The van der Waals surface area contributed by atoms with Crippen LogP contribution in [0.3, 0.4) is 0 Å². The molecule has 0 aliphatic heterocycles. The molecule has 0 aliphatic carbocycles. The van der Waals surface area contributed by atoms with Gasteiger partial charge in [0.2, 0.25) is 0 Å². The van der Waals surface area contributed by atoms with E-state index in [4.69, 9.17) is 16.2 Å². The van der Waals surface area contributed by atoms with Crippen LogP contribution in [0.2, 0.25) is 0 Å². The molecule has 1 atom stereocenters. The molecule has 0 saturated carbocycles. The highest BCUT2D eigenvalue weighted by Crippen LogP contribution is 2.28. The molecule has 0 heterocycles. The van der Waals surface area contributed by atoms with Crippen molar-refractivity contribution in [1.29, 1.82) is 0 Å². The van der Waals surface area contributed by atoms with Crippen molar-refractivity contribution in [3.8, 4) is 11.5 Å². The molecule has 1 aromatic rings. The lowest BCUT2D eigenvalue weighted by Crippen LogP contribution is -2.24. The SMILES string of the molecule is CC(C)(C)Oc1ccc(O)c([C@H](N)CN)c1.Cl. The van der Waals surface area contributed by atoms with Gasteiger partial charge in [-0.05, 0) is 39.0 Å². The summed E-state index contributed by atoms with van der Waals surface area (Å²) in [6.07, 6.45) is 0. The molecule has 0 radical (unpaired) electrons. The van der Waals surface area contributed by atoms with Gasteiger partial charge in [0.1, 0.15) is 17.1 Å². The van der Waals surface area contributed by atoms with Gasteiger partial charge in [0.15, 0.2) is 0 Å². The van der Waals surface area contributed by atoms with E-state index in [-0.39, 0.29) is 36.3 Å². The van der Waals surface area contributed by atoms with Crippen LogP contribution in [0.1, 0.15) is 32.4 Å². The summed E-state index contributed by atoms with van der Waals surface area (Å²) in [7, 11) is 0. The molecule has 0 amide bonds. The summed E-state index contributed by atoms with van der Waals surface area (Å²) < 4.78 is 5.68. The molecule has 17 heavy (non-hydrogen) atoms. The first-order valence-electron chi connectivity index (χ1n) is 5.31. The average molecular weight is 261 g/mol. The first-order chi connectivity index (χ1) is 7.33. The molecule has 4 nitrogen and oxygen atoms in total. The van der Waals surface area contributed by atoms with Gasteiger partial charge >= 0.3 is 0 Å². The quantitative estimate of drug-likeness (QED) is 0.776. The highest BCUT2D eigenvalue weighted by Gasteiger charge is 2.15. The molecule has 0 fully saturated rings. The van der Waals surface area contributed by atoms with Crippen LogP contribution < -0.4 is 16.2 Å². The van der Waals surface area contributed by atoms with Crippen LogP contribution in [0.25, 0.3) is 0 Å². The molecule has 0 spiro atoms. The van der Waals surface area contributed by atoms with Gasteiger partial charge in [-0.3, -0.25) is 0 Å². The summed E-state index contributed by atoms with van der Waals surface area (Å²) in [5.74, 6) is 0.836. The molecular formula is C12H21ClN2O2. The summed E-state index contributed by atoms with van der Waals surface area (Å²) in [6.45, 7) is 6.17. The van der Waals surface area contributed by atoms with Crippen LogP contribution in [0.15, 0.2) is 18.2 Å². The second-order valence-corrected chi connectivity index (χ2v) is 4.78. The predicted octanol–water partition coefficient (Wildman–Crippen LogP) is 1.95. The van der Waals surface area contributed by atoms with E-state index in [1.165, 1.54) is 0 Å². The molecule has 5 heteroatoms. The fraction of sp³-hybridized carbons (Fsp3) is 0.500. The summed E-state index contributed by atoms with van der Waals surface area (Å²) in [6, 6.07) is 4.65.